The van der Waals surface area contributed by atoms with E-state index in [4.69, 9.17) is 13.9 Å². The second-order valence-electron chi connectivity index (χ2n) is 4.86. The molecule has 0 amide bonds. The molecule has 0 aliphatic carbocycles. The second kappa shape index (κ2) is 10.8. The van der Waals surface area contributed by atoms with Crippen molar-refractivity contribution in [1.29, 1.82) is 0 Å². The lowest BCUT2D eigenvalue weighted by atomic mass is 10.2. The fraction of sp³-hybridized carbons (Fsp3) is 0.353. The van der Waals surface area contributed by atoms with Gasteiger partial charge in [-0.2, -0.15) is 0 Å². The molecular weight excluding hydrogens is 421 g/mol. The number of hydrogen-bond acceptors (Lipinski definition) is 4. The molecule has 0 atom stereocenters. The topological polar surface area (TPSA) is 68.0 Å². The average Bonchev–Trinajstić information content (AvgIpc) is 3.11. The minimum Gasteiger partial charge on any atom is -0.497 e. The highest BCUT2D eigenvalue weighted by atomic mass is 127. The number of halogens is 1. The van der Waals surface area contributed by atoms with Crippen LogP contribution in [0.5, 0.6) is 11.5 Å². The molecule has 1 aromatic carbocycles. The molecule has 1 aromatic heterocycles. The van der Waals surface area contributed by atoms with Crippen molar-refractivity contribution in [2.24, 2.45) is 4.99 Å². The van der Waals surface area contributed by atoms with Gasteiger partial charge in [0.15, 0.2) is 5.96 Å². The van der Waals surface area contributed by atoms with Crippen LogP contribution in [0.2, 0.25) is 0 Å². The zero-order chi connectivity index (χ0) is 16.5. The van der Waals surface area contributed by atoms with Crippen LogP contribution in [-0.2, 0) is 13.0 Å². The Labute approximate surface area is 159 Å². The minimum atomic E-state index is 0. The lowest BCUT2D eigenvalue weighted by Crippen LogP contribution is -2.37. The van der Waals surface area contributed by atoms with Crippen molar-refractivity contribution in [1.82, 2.24) is 10.6 Å². The van der Waals surface area contributed by atoms with Crippen LogP contribution in [0.25, 0.3) is 0 Å². The maximum atomic E-state index is 5.39. The van der Waals surface area contributed by atoms with Gasteiger partial charge in [0.1, 0.15) is 17.3 Å². The third-order valence-electron chi connectivity index (χ3n) is 3.41. The number of nitrogens with one attached hydrogen (secondary N) is 2. The number of furan rings is 1. The molecule has 0 aliphatic heterocycles. The van der Waals surface area contributed by atoms with Crippen LogP contribution >= 0.6 is 24.0 Å². The van der Waals surface area contributed by atoms with E-state index in [0.29, 0.717) is 6.54 Å². The molecule has 24 heavy (non-hydrogen) atoms. The molecule has 7 heteroatoms. The summed E-state index contributed by atoms with van der Waals surface area (Å²) in [7, 11) is 5.03. The zero-order valence-corrected chi connectivity index (χ0v) is 16.5. The maximum absolute atomic E-state index is 5.39. The Morgan fingerprint density at radius 1 is 1.17 bits per heavy atom. The van der Waals surface area contributed by atoms with Crippen LogP contribution in [0.3, 0.4) is 0 Å². The molecule has 0 saturated heterocycles. The molecule has 2 N–H and O–H groups in total. The Hall–Kier alpha value is -1.90. The van der Waals surface area contributed by atoms with E-state index in [1.54, 1.807) is 27.5 Å². The summed E-state index contributed by atoms with van der Waals surface area (Å²) in [5.41, 5.74) is 1.03. The fourth-order valence-corrected chi connectivity index (χ4v) is 2.16. The van der Waals surface area contributed by atoms with Crippen LogP contribution in [-0.4, -0.2) is 33.8 Å². The van der Waals surface area contributed by atoms with Crippen molar-refractivity contribution < 1.29 is 13.9 Å². The summed E-state index contributed by atoms with van der Waals surface area (Å²) < 4.78 is 15.9. The predicted molar refractivity (Wildman–Crippen MR) is 106 cm³/mol. The van der Waals surface area contributed by atoms with Gasteiger partial charge in [0.2, 0.25) is 0 Å². The SMILES string of the molecule is CN=C(NCCc1ccco1)NCc1ccc(OC)cc1OC.I. The first-order valence-corrected chi connectivity index (χ1v) is 7.44. The number of benzene rings is 1. The highest BCUT2D eigenvalue weighted by Crippen LogP contribution is 2.24. The normalized spacial score (nSPS) is 10.7. The van der Waals surface area contributed by atoms with Gasteiger partial charge in [0.05, 0.1) is 20.5 Å². The molecule has 6 nitrogen and oxygen atoms in total. The van der Waals surface area contributed by atoms with Crippen LogP contribution in [0.15, 0.2) is 46.0 Å². The fourth-order valence-electron chi connectivity index (χ4n) is 2.16. The molecule has 0 aliphatic rings. The van der Waals surface area contributed by atoms with Crippen molar-refractivity contribution in [3.63, 3.8) is 0 Å². The smallest absolute Gasteiger partial charge is 0.191 e. The molecular formula is C17H24IN3O3. The van der Waals surface area contributed by atoms with Gasteiger partial charge < -0.3 is 24.5 Å². The number of methoxy groups -OCH3 is 2. The van der Waals surface area contributed by atoms with Crippen LogP contribution in [0, 0.1) is 0 Å². The van der Waals surface area contributed by atoms with Crippen molar-refractivity contribution >= 4 is 29.9 Å². The summed E-state index contributed by atoms with van der Waals surface area (Å²) in [6.07, 6.45) is 2.48. The van der Waals surface area contributed by atoms with Gasteiger partial charge in [-0.15, -0.1) is 24.0 Å². The Morgan fingerprint density at radius 2 is 2.00 bits per heavy atom. The van der Waals surface area contributed by atoms with Crippen molar-refractivity contribution in [2.75, 3.05) is 27.8 Å². The minimum absolute atomic E-state index is 0. The van der Waals surface area contributed by atoms with Crippen molar-refractivity contribution in [2.45, 2.75) is 13.0 Å². The van der Waals surface area contributed by atoms with Crippen LogP contribution < -0.4 is 20.1 Å². The van der Waals surface area contributed by atoms with Gasteiger partial charge in [0, 0.05) is 38.2 Å². The van der Waals surface area contributed by atoms with Crippen molar-refractivity contribution in [3.05, 3.63) is 47.9 Å². The molecule has 0 unspecified atom stereocenters. The number of ether oxygens (including phenoxy) is 2. The molecule has 0 radical (unpaired) electrons. The Bertz CT molecular complexity index is 630. The molecule has 1 heterocycles. The Balaban J connectivity index is 0.00000288. The average molecular weight is 445 g/mol. The first-order chi connectivity index (χ1) is 11.3. The highest BCUT2D eigenvalue weighted by molar-refractivity contribution is 14.0. The highest BCUT2D eigenvalue weighted by Gasteiger charge is 2.06. The summed E-state index contributed by atoms with van der Waals surface area (Å²) in [4.78, 5) is 4.21. The second-order valence-corrected chi connectivity index (χ2v) is 4.86. The van der Waals surface area contributed by atoms with E-state index in [-0.39, 0.29) is 24.0 Å². The maximum Gasteiger partial charge on any atom is 0.191 e. The monoisotopic (exact) mass is 445 g/mol. The van der Waals surface area contributed by atoms with Gasteiger partial charge in [-0.25, -0.2) is 0 Å². The van der Waals surface area contributed by atoms with E-state index in [1.807, 2.05) is 30.3 Å². The third kappa shape index (κ3) is 5.95. The van der Waals surface area contributed by atoms with E-state index in [2.05, 4.69) is 15.6 Å². The first-order valence-electron chi connectivity index (χ1n) is 7.44. The molecule has 0 bridgehead atoms. The molecule has 132 valence electrons. The predicted octanol–water partition coefficient (Wildman–Crippen LogP) is 2.82. The van der Waals surface area contributed by atoms with Crippen molar-refractivity contribution in [3.8, 4) is 11.5 Å². The summed E-state index contributed by atoms with van der Waals surface area (Å²) in [5.74, 6) is 3.23. The van der Waals surface area contributed by atoms with Gasteiger partial charge in [-0.3, -0.25) is 4.99 Å². The van der Waals surface area contributed by atoms with Gasteiger partial charge in [-0.05, 0) is 24.3 Å². The Morgan fingerprint density at radius 3 is 2.62 bits per heavy atom. The van der Waals surface area contributed by atoms with E-state index in [1.165, 1.54) is 0 Å². The third-order valence-corrected chi connectivity index (χ3v) is 3.41. The van der Waals surface area contributed by atoms with Gasteiger partial charge >= 0.3 is 0 Å². The number of rotatable bonds is 7. The molecule has 2 aromatic rings. The Kier molecular flexibility index (Phi) is 9.06. The molecule has 0 fully saturated rings. The number of nitrogens with zero attached hydrogens (tertiary/aromatic N) is 1. The van der Waals surface area contributed by atoms with E-state index in [0.717, 1.165) is 41.7 Å². The first kappa shape index (κ1) is 20.1. The van der Waals surface area contributed by atoms with Gasteiger partial charge in [0.25, 0.3) is 0 Å². The van der Waals surface area contributed by atoms with E-state index < -0.39 is 0 Å². The number of guanidine groups is 1. The van der Waals surface area contributed by atoms with E-state index in [9.17, 15) is 0 Å². The zero-order valence-electron chi connectivity index (χ0n) is 14.2. The van der Waals surface area contributed by atoms with Gasteiger partial charge in [-0.1, -0.05) is 0 Å². The summed E-state index contributed by atoms with van der Waals surface area (Å²) in [6, 6.07) is 9.59. The standard InChI is InChI=1S/C17H23N3O3.HI/c1-18-17(19-9-8-14-5-4-10-23-14)20-12-13-6-7-15(21-2)11-16(13)22-3;/h4-7,10-11H,8-9,12H2,1-3H3,(H2,18,19,20);1H. The quantitative estimate of drug-likeness (QED) is 0.390. The van der Waals surface area contributed by atoms with E-state index >= 15 is 0 Å². The molecule has 2 rings (SSSR count). The lowest BCUT2D eigenvalue weighted by molar-refractivity contribution is 0.390. The molecule has 0 saturated carbocycles. The molecule has 0 spiro atoms. The van der Waals surface area contributed by atoms with Crippen LogP contribution in [0.1, 0.15) is 11.3 Å². The number of hydrogen-bond donors (Lipinski definition) is 2. The largest absolute Gasteiger partial charge is 0.497 e. The summed E-state index contributed by atoms with van der Waals surface area (Å²) in [6.45, 7) is 1.35. The lowest BCUT2D eigenvalue weighted by Gasteiger charge is -2.14. The number of aliphatic imine (C=N–C) groups is 1. The van der Waals surface area contributed by atoms with Crippen LogP contribution in [0.4, 0.5) is 0 Å². The summed E-state index contributed by atoms with van der Waals surface area (Å²) in [5, 5.41) is 6.52. The summed E-state index contributed by atoms with van der Waals surface area (Å²) >= 11 is 0.